The Labute approximate surface area is 125 Å². The number of aromatic nitrogens is 2. The summed E-state index contributed by atoms with van der Waals surface area (Å²) in [6.07, 6.45) is 0.787. The SMILES string of the molecule is CCc1nc(NC)cc(-c2ccccc2OCCOC)n1. The van der Waals surface area contributed by atoms with E-state index in [1.54, 1.807) is 7.11 Å². The summed E-state index contributed by atoms with van der Waals surface area (Å²) in [5.41, 5.74) is 1.82. The van der Waals surface area contributed by atoms with Crippen LogP contribution in [0.25, 0.3) is 11.3 Å². The molecule has 0 spiro atoms. The van der Waals surface area contributed by atoms with Crippen molar-refractivity contribution in [1.29, 1.82) is 0 Å². The topological polar surface area (TPSA) is 56.3 Å². The van der Waals surface area contributed by atoms with E-state index in [-0.39, 0.29) is 0 Å². The van der Waals surface area contributed by atoms with Gasteiger partial charge in [-0.2, -0.15) is 0 Å². The Hall–Kier alpha value is -2.14. The minimum absolute atomic E-state index is 0.512. The average molecular weight is 287 g/mol. The lowest BCUT2D eigenvalue weighted by molar-refractivity contribution is 0.146. The molecule has 112 valence electrons. The zero-order valence-electron chi connectivity index (χ0n) is 12.7. The summed E-state index contributed by atoms with van der Waals surface area (Å²) < 4.78 is 10.8. The summed E-state index contributed by atoms with van der Waals surface area (Å²) in [6.45, 7) is 3.11. The molecule has 2 aromatic rings. The maximum absolute atomic E-state index is 5.77. The highest BCUT2D eigenvalue weighted by molar-refractivity contribution is 5.69. The van der Waals surface area contributed by atoms with Gasteiger partial charge in [0.2, 0.25) is 0 Å². The largest absolute Gasteiger partial charge is 0.490 e. The lowest BCUT2D eigenvalue weighted by Gasteiger charge is -2.12. The van der Waals surface area contributed by atoms with Crippen molar-refractivity contribution >= 4 is 5.82 Å². The number of hydrogen-bond donors (Lipinski definition) is 1. The van der Waals surface area contributed by atoms with E-state index < -0.39 is 0 Å². The van der Waals surface area contributed by atoms with Crippen LogP contribution in [0.2, 0.25) is 0 Å². The van der Waals surface area contributed by atoms with Crippen LogP contribution in [0.4, 0.5) is 5.82 Å². The number of anilines is 1. The molecule has 0 atom stereocenters. The predicted octanol–water partition coefficient (Wildman–Crippen LogP) is 2.77. The normalized spacial score (nSPS) is 10.4. The Bertz CT molecular complexity index is 565. The number of nitrogens with one attached hydrogen (secondary N) is 1. The van der Waals surface area contributed by atoms with Gasteiger partial charge in [-0.1, -0.05) is 19.1 Å². The Balaban J connectivity index is 2.36. The molecule has 1 N–H and O–H groups in total. The number of aryl methyl sites for hydroxylation is 1. The third kappa shape index (κ3) is 3.92. The summed E-state index contributed by atoms with van der Waals surface area (Å²) in [5.74, 6) is 2.42. The summed E-state index contributed by atoms with van der Waals surface area (Å²) in [4.78, 5) is 9.01. The standard InChI is InChI=1S/C16H21N3O2/c1-4-15-18-13(11-16(17-2)19-15)12-7-5-6-8-14(12)21-10-9-20-3/h5-8,11H,4,9-10H2,1-3H3,(H,17,18,19). The number of hydrogen-bond acceptors (Lipinski definition) is 5. The van der Waals surface area contributed by atoms with Crippen LogP contribution < -0.4 is 10.1 Å². The zero-order valence-corrected chi connectivity index (χ0v) is 12.7. The lowest BCUT2D eigenvalue weighted by atomic mass is 10.1. The molecule has 0 aliphatic carbocycles. The smallest absolute Gasteiger partial charge is 0.131 e. The fourth-order valence-electron chi connectivity index (χ4n) is 1.96. The van der Waals surface area contributed by atoms with Gasteiger partial charge >= 0.3 is 0 Å². The molecule has 1 aromatic heterocycles. The summed E-state index contributed by atoms with van der Waals surface area (Å²) >= 11 is 0. The summed E-state index contributed by atoms with van der Waals surface area (Å²) in [6, 6.07) is 9.80. The molecule has 0 aliphatic rings. The monoisotopic (exact) mass is 287 g/mol. The molecule has 0 saturated heterocycles. The highest BCUT2D eigenvalue weighted by atomic mass is 16.5. The predicted molar refractivity (Wildman–Crippen MR) is 83.8 cm³/mol. The lowest BCUT2D eigenvalue weighted by Crippen LogP contribution is -2.06. The number of methoxy groups -OCH3 is 1. The Kier molecular flexibility index (Phi) is 5.51. The van der Waals surface area contributed by atoms with Gasteiger partial charge in [0, 0.05) is 32.2 Å². The van der Waals surface area contributed by atoms with Crippen LogP contribution in [0.3, 0.4) is 0 Å². The number of ether oxygens (including phenoxy) is 2. The van der Waals surface area contributed by atoms with Crippen molar-refractivity contribution in [2.45, 2.75) is 13.3 Å². The van der Waals surface area contributed by atoms with E-state index in [9.17, 15) is 0 Å². The van der Waals surface area contributed by atoms with E-state index in [0.717, 1.165) is 35.1 Å². The van der Waals surface area contributed by atoms with E-state index in [1.165, 1.54) is 0 Å². The van der Waals surface area contributed by atoms with Crippen molar-refractivity contribution in [3.63, 3.8) is 0 Å². The van der Waals surface area contributed by atoms with Gasteiger partial charge in [-0.15, -0.1) is 0 Å². The van der Waals surface area contributed by atoms with Crippen LogP contribution in [0.5, 0.6) is 5.75 Å². The van der Waals surface area contributed by atoms with Gasteiger partial charge in [0.1, 0.15) is 24.0 Å². The molecule has 21 heavy (non-hydrogen) atoms. The summed E-state index contributed by atoms with van der Waals surface area (Å²) in [7, 11) is 3.51. The highest BCUT2D eigenvalue weighted by Gasteiger charge is 2.10. The highest BCUT2D eigenvalue weighted by Crippen LogP contribution is 2.29. The van der Waals surface area contributed by atoms with Crippen molar-refractivity contribution in [3.05, 3.63) is 36.2 Å². The van der Waals surface area contributed by atoms with Crippen molar-refractivity contribution < 1.29 is 9.47 Å². The number of rotatable bonds is 7. The van der Waals surface area contributed by atoms with E-state index in [4.69, 9.17) is 9.47 Å². The molecule has 0 amide bonds. The molecule has 5 nitrogen and oxygen atoms in total. The van der Waals surface area contributed by atoms with Crippen molar-refractivity contribution in [3.8, 4) is 17.0 Å². The molecule has 1 heterocycles. The first-order chi connectivity index (χ1) is 10.3. The van der Waals surface area contributed by atoms with E-state index >= 15 is 0 Å². The third-order valence-electron chi connectivity index (χ3n) is 3.05. The molecule has 5 heteroatoms. The van der Waals surface area contributed by atoms with Crippen LogP contribution in [0.1, 0.15) is 12.7 Å². The first kappa shape index (κ1) is 15.3. The second-order valence-electron chi connectivity index (χ2n) is 4.50. The fourth-order valence-corrected chi connectivity index (χ4v) is 1.96. The molecule has 2 rings (SSSR count). The number of benzene rings is 1. The van der Waals surface area contributed by atoms with Gasteiger partial charge in [-0.05, 0) is 12.1 Å². The van der Waals surface area contributed by atoms with Gasteiger partial charge in [0.05, 0.1) is 12.3 Å². The van der Waals surface area contributed by atoms with E-state index in [1.807, 2.05) is 44.3 Å². The first-order valence-corrected chi connectivity index (χ1v) is 7.05. The Morgan fingerprint density at radius 3 is 2.67 bits per heavy atom. The maximum atomic E-state index is 5.77. The Morgan fingerprint density at radius 2 is 1.95 bits per heavy atom. The first-order valence-electron chi connectivity index (χ1n) is 7.05. The quantitative estimate of drug-likeness (QED) is 0.794. The van der Waals surface area contributed by atoms with Gasteiger partial charge < -0.3 is 14.8 Å². The fraction of sp³-hybridized carbons (Fsp3) is 0.375. The maximum Gasteiger partial charge on any atom is 0.131 e. The van der Waals surface area contributed by atoms with Gasteiger partial charge in [-0.3, -0.25) is 0 Å². The van der Waals surface area contributed by atoms with Crippen LogP contribution in [0, 0.1) is 0 Å². The number of para-hydroxylation sites is 1. The Morgan fingerprint density at radius 1 is 1.14 bits per heavy atom. The van der Waals surface area contributed by atoms with Crippen LogP contribution in [-0.4, -0.2) is 37.3 Å². The van der Waals surface area contributed by atoms with Crippen molar-refractivity contribution in [2.24, 2.45) is 0 Å². The minimum Gasteiger partial charge on any atom is -0.490 e. The molecular formula is C16H21N3O2. The van der Waals surface area contributed by atoms with E-state index in [0.29, 0.717) is 13.2 Å². The molecule has 0 aliphatic heterocycles. The molecule has 0 bridgehead atoms. The average Bonchev–Trinajstić information content (AvgIpc) is 2.55. The molecule has 0 radical (unpaired) electrons. The minimum atomic E-state index is 0.512. The van der Waals surface area contributed by atoms with Crippen molar-refractivity contribution in [1.82, 2.24) is 9.97 Å². The molecule has 0 fully saturated rings. The molecule has 0 unspecified atom stereocenters. The van der Waals surface area contributed by atoms with Gasteiger partial charge in [-0.25, -0.2) is 9.97 Å². The van der Waals surface area contributed by atoms with Crippen LogP contribution >= 0.6 is 0 Å². The van der Waals surface area contributed by atoms with Gasteiger partial charge in [0.15, 0.2) is 0 Å². The van der Waals surface area contributed by atoms with Gasteiger partial charge in [0.25, 0.3) is 0 Å². The molecule has 1 aromatic carbocycles. The zero-order chi connectivity index (χ0) is 15.1. The second kappa shape index (κ2) is 7.59. The third-order valence-corrected chi connectivity index (χ3v) is 3.05. The molecular weight excluding hydrogens is 266 g/mol. The number of nitrogens with zero attached hydrogens (tertiary/aromatic N) is 2. The second-order valence-corrected chi connectivity index (χ2v) is 4.50. The summed E-state index contributed by atoms with van der Waals surface area (Å²) in [5, 5.41) is 3.07. The van der Waals surface area contributed by atoms with Crippen LogP contribution in [-0.2, 0) is 11.2 Å². The molecule has 0 saturated carbocycles. The van der Waals surface area contributed by atoms with E-state index in [2.05, 4.69) is 15.3 Å². The van der Waals surface area contributed by atoms with Crippen molar-refractivity contribution in [2.75, 3.05) is 32.7 Å². The van der Waals surface area contributed by atoms with Crippen LogP contribution in [0.15, 0.2) is 30.3 Å².